The Labute approximate surface area is 676 Å². The van der Waals surface area contributed by atoms with Gasteiger partial charge in [-0.3, -0.25) is 62.3 Å². The van der Waals surface area contributed by atoms with Crippen molar-refractivity contribution in [2.45, 2.75) is 296 Å². The van der Waals surface area contributed by atoms with Crippen LogP contribution in [0.25, 0.3) is 0 Å². The number of Topliss-reactive ketones (excluding diaryl/α,β-unsaturated/α-hetero) is 3. The molecule has 0 unspecified atom stereocenters. The van der Waals surface area contributed by atoms with Gasteiger partial charge in [-0.2, -0.15) is 0 Å². The highest BCUT2D eigenvalue weighted by Crippen LogP contribution is 2.75. The van der Waals surface area contributed by atoms with Gasteiger partial charge < -0.3 is 54.3 Å². The van der Waals surface area contributed by atoms with Crippen molar-refractivity contribution in [3.05, 3.63) is 71.4 Å². The number of unbranched alkanes of at least 4 members (excludes halogenated alkanes) is 3. The third-order valence-electron chi connectivity index (χ3n) is 30.8. The van der Waals surface area contributed by atoms with E-state index in [4.69, 9.17) is 33.9 Å². The summed E-state index contributed by atoms with van der Waals surface area (Å²) in [4.78, 5) is 166. The molecule has 12 aliphatic rings. The average Bonchev–Trinajstić information content (AvgIpc) is 1.39. The second kappa shape index (κ2) is 33.5. The highest BCUT2D eigenvalue weighted by atomic mass is 19.2. The molecule has 27 heteroatoms. The number of carboxylic acids is 2. The second-order valence-electron chi connectivity index (χ2n) is 36.7. The molecule has 640 valence electrons. The van der Waals surface area contributed by atoms with Crippen LogP contribution in [0.3, 0.4) is 0 Å². The Morgan fingerprint density at radius 3 is 0.922 bits per heavy atom. The normalized spacial score (nSPS) is 40.9. The Balaban J connectivity index is 0.000000278. The van der Waals surface area contributed by atoms with Crippen molar-refractivity contribution in [2.24, 2.45) is 85.8 Å². The van der Waals surface area contributed by atoms with Crippen molar-refractivity contribution < 1.29 is 130 Å². The minimum atomic E-state index is -2.21. The molecule has 0 saturated heterocycles. The zero-order chi connectivity index (χ0) is 85.9. The largest absolute Gasteiger partial charge is 0.481 e. The van der Waals surface area contributed by atoms with E-state index in [0.29, 0.717) is 80.9 Å². The van der Waals surface area contributed by atoms with Crippen LogP contribution in [0.4, 0.5) is 13.2 Å². The topological polar surface area (TPSA) is 389 Å². The monoisotopic (exact) mass is 1630 g/mol. The molecule has 0 aromatic heterocycles. The number of rotatable bonds is 26. The highest BCUT2D eigenvalue weighted by molar-refractivity contribution is 6.03. The van der Waals surface area contributed by atoms with Gasteiger partial charge in [0.2, 0.25) is 17.3 Å². The van der Waals surface area contributed by atoms with Gasteiger partial charge in [-0.25, -0.2) is 13.2 Å². The highest BCUT2D eigenvalue weighted by Gasteiger charge is 2.81. The molecule has 9 fully saturated rings. The number of carbonyl (C=O) groups excluding carboxylic acids is 11. The van der Waals surface area contributed by atoms with Crippen molar-refractivity contribution in [2.75, 3.05) is 19.8 Å². The molecule has 0 aliphatic heterocycles. The number of ketones is 6. The summed E-state index contributed by atoms with van der Waals surface area (Å²) < 4.78 is 82.8. The summed E-state index contributed by atoms with van der Waals surface area (Å²) in [6, 6.07) is 0. The SMILES string of the molecule is CCCCC(=O)O[C@]1(C(=O)CO)[C@@H](C)C[C@H]2[C@@H]3CCC4=CC(=O)C=C[C@]4(C)[C@@]3(F)[C@@H](O)C[C@@]21C.CCCCC(=O)O[C@]1(C(=O)COC(=O)CCC(=O)OCC(=O)[C@@]2(OC(=O)CCCC)[C@@H](C)C[C@H]3[C@@H]4CCC5=CC(=O)C=C[C@]5(C)[C@@]4(F)[C@@H](O)C[C@@]32C)[C@@H](C)C[C@H]2[C@@H]3CCC4=CC(=O)C=C[C@]4(C)[C@@]3(F)[C@@H](O)C[C@@]21C.O=C(O)CCC(=O)O. The lowest BCUT2D eigenvalue weighted by Crippen LogP contribution is -2.70. The van der Waals surface area contributed by atoms with E-state index >= 15 is 13.2 Å². The van der Waals surface area contributed by atoms with Crippen LogP contribution in [0.5, 0.6) is 0 Å². The quantitative estimate of drug-likeness (QED) is 0.0346. The molecule has 9 saturated carbocycles. The van der Waals surface area contributed by atoms with Crippen molar-refractivity contribution in [3.63, 3.8) is 0 Å². The molecule has 0 heterocycles. The van der Waals surface area contributed by atoms with Gasteiger partial charge in [-0.15, -0.1) is 0 Å². The molecule has 12 rings (SSSR count). The van der Waals surface area contributed by atoms with Crippen LogP contribution in [0.1, 0.15) is 244 Å². The van der Waals surface area contributed by atoms with Crippen LogP contribution < -0.4 is 0 Å². The minimum Gasteiger partial charge on any atom is -0.481 e. The maximum atomic E-state index is 18.0. The molecular formula is C89H119F3O24. The van der Waals surface area contributed by atoms with Gasteiger partial charge in [-0.05, 0) is 171 Å². The van der Waals surface area contributed by atoms with Gasteiger partial charge in [0.25, 0.3) is 0 Å². The fourth-order valence-corrected chi connectivity index (χ4v) is 25.0. The zero-order valence-corrected chi connectivity index (χ0v) is 69.1. The standard InChI is InChI=1S/C58H76F2O14.C27H37FO6.C4H6O4/c1-9-11-13-49(69)73-57(33(3)25-41-39-17-15-35-27-37(61)21-23-51(35,5)55(39,59)43(63)29-53(41,57)7)45(65)31-71-47(67)19-20-48(68)72-32-46(66)58(74-50(70)14-12-10-2)34(4)26-42-40-18-16-36-28-38(62)22-24-52(36,6)56(40,60)44(64)30-54(42,58)8;1-5-6-7-23(33)34-27(22(32)15-29)16(2)12-20-19-9-8-17-13-18(30)10-11-24(17,3)26(19,28)21(31)14-25(20,27)4;5-3(6)1-2-4(7)8/h21-24,27-28,33-34,39-44,63-64H,9-20,25-26,29-32H2,1-8H3;10-11,13,16,19-21,29,31H,5-9,12,14-15H2,1-4H3;1-2H2,(H,5,6)(H,7,8)/t33-,34-,39-,40-,41-,42-,43-,44-,51-,52-,53-,54-,55-,56-,57-,58-;16-,19-,20-,21-,24-,25-,26-,27-;/m00./s1. The van der Waals surface area contributed by atoms with E-state index in [2.05, 4.69) is 0 Å². The lowest BCUT2D eigenvalue weighted by atomic mass is 9.44. The van der Waals surface area contributed by atoms with Crippen molar-refractivity contribution >= 4 is 76.5 Å². The predicted octanol–water partition coefficient (Wildman–Crippen LogP) is 11.7. The Kier molecular flexibility index (Phi) is 26.2. The summed E-state index contributed by atoms with van der Waals surface area (Å²) in [6.07, 6.45) is 13.1. The first-order valence-electron chi connectivity index (χ1n) is 41.8. The number of aliphatic hydroxyl groups excluding tert-OH is 4. The number of halogens is 3. The van der Waals surface area contributed by atoms with Crippen molar-refractivity contribution in [3.8, 4) is 0 Å². The number of allylic oxidation sites excluding steroid dienone is 12. The molecule has 24 nitrogen and oxygen atoms in total. The zero-order valence-electron chi connectivity index (χ0n) is 69.1. The fourth-order valence-electron chi connectivity index (χ4n) is 25.0. The Morgan fingerprint density at radius 1 is 0.405 bits per heavy atom. The van der Waals surface area contributed by atoms with E-state index in [1.54, 1.807) is 54.5 Å². The molecule has 116 heavy (non-hydrogen) atoms. The molecule has 6 N–H and O–H groups in total. The third-order valence-corrected chi connectivity index (χ3v) is 30.8. The fraction of sp³-hybridized carbons (Fsp3) is 0.719. The summed E-state index contributed by atoms with van der Waals surface area (Å²) in [5.41, 5.74) is -17.4. The number of carbonyl (C=O) groups is 13. The number of carboxylic acid groups (broad SMARTS) is 2. The van der Waals surface area contributed by atoms with Crippen LogP contribution in [0.15, 0.2) is 71.4 Å². The summed E-state index contributed by atoms with van der Waals surface area (Å²) >= 11 is 0. The van der Waals surface area contributed by atoms with E-state index in [1.807, 2.05) is 34.6 Å². The number of esters is 5. The number of aliphatic carboxylic acids is 2. The van der Waals surface area contributed by atoms with E-state index < -0.39 is 224 Å². The van der Waals surface area contributed by atoms with Gasteiger partial charge in [0.1, 0.15) is 6.61 Å². The summed E-state index contributed by atoms with van der Waals surface area (Å²) in [5, 5.41) is 61.2. The lowest BCUT2D eigenvalue weighted by molar-refractivity contribution is -0.228. The van der Waals surface area contributed by atoms with Crippen LogP contribution in [-0.2, 0) is 86.0 Å². The Hall–Kier alpha value is -7.62. The van der Waals surface area contributed by atoms with Gasteiger partial charge in [-0.1, -0.05) is 117 Å². The Morgan fingerprint density at radius 2 is 0.672 bits per heavy atom. The Bertz CT molecular complexity index is 3970. The van der Waals surface area contributed by atoms with Gasteiger partial charge in [0.05, 0.1) is 44.0 Å². The molecule has 12 aliphatic carbocycles. The van der Waals surface area contributed by atoms with Crippen LogP contribution >= 0.6 is 0 Å². The number of hydrogen-bond donors (Lipinski definition) is 6. The van der Waals surface area contributed by atoms with E-state index in [1.165, 1.54) is 48.6 Å². The van der Waals surface area contributed by atoms with E-state index in [9.17, 15) is 82.8 Å². The van der Waals surface area contributed by atoms with Gasteiger partial charge in [0, 0.05) is 87.3 Å². The number of hydrogen-bond acceptors (Lipinski definition) is 22. The molecule has 0 aromatic rings. The van der Waals surface area contributed by atoms with Crippen molar-refractivity contribution in [1.82, 2.24) is 0 Å². The first-order chi connectivity index (χ1) is 54.3. The smallest absolute Gasteiger partial charge is 0.306 e. The molecule has 0 radical (unpaired) electrons. The summed E-state index contributed by atoms with van der Waals surface area (Å²) in [5.74, 6) is -14.1. The number of alkyl halides is 3. The van der Waals surface area contributed by atoms with Gasteiger partial charge >= 0.3 is 41.8 Å². The number of fused-ring (bicyclic) bond motifs is 15. The molecule has 0 aromatic carbocycles. The molecule has 0 amide bonds. The van der Waals surface area contributed by atoms with Gasteiger partial charge in [0.15, 0.2) is 64.4 Å². The summed E-state index contributed by atoms with van der Waals surface area (Å²) in [7, 11) is 0. The maximum Gasteiger partial charge on any atom is 0.306 e. The van der Waals surface area contributed by atoms with Crippen LogP contribution in [0.2, 0.25) is 0 Å². The number of ether oxygens (including phenoxy) is 5. The molecular weight excluding hydrogens is 1510 g/mol. The number of aliphatic hydroxyl groups is 4. The molecule has 0 bridgehead atoms. The first kappa shape index (κ1) is 90.7. The third kappa shape index (κ3) is 14.3. The summed E-state index contributed by atoms with van der Waals surface area (Å²) in [6.45, 7) is 18.9. The van der Waals surface area contributed by atoms with Crippen LogP contribution in [-0.4, -0.2) is 179 Å². The minimum absolute atomic E-state index is 0.00461. The molecule has 0 spiro atoms. The molecule has 24 atom stereocenters. The first-order valence-corrected chi connectivity index (χ1v) is 41.8. The average molecular weight is 1630 g/mol. The van der Waals surface area contributed by atoms with Crippen LogP contribution in [0, 0.1) is 85.8 Å². The van der Waals surface area contributed by atoms with E-state index in [0.717, 1.165) is 6.42 Å². The predicted molar refractivity (Wildman–Crippen MR) is 412 cm³/mol. The lowest BCUT2D eigenvalue weighted by Gasteiger charge is -2.62. The second-order valence-corrected chi connectivity index (χ2v) is 36.7. The van der Waals surface area contributed by atoms with Crippen molar-refractivity contribution in [1.29, 1.82) is 0 Å². The maximum absolute atomic E-state index is 18.0. The van der Waals surface area contributed by atoms with E-state index in [-0.39, 0.29) is 100 Å².